The number of furan rings is 1. The first-order valence-electron chi connectivity index (χ1n) is 20.2. The Morgan fingerprint density at radius 3 is 2.03 bits per heavy atom. The molecule has 0 saturated heterocycles. The second kappa shape index (κ2) is 13.2. The quantitative estimate of drug-likeness (QED) is 0.140. The number of fused-ring (bicyclic) bond motifs is 11. The van der Waals surface area contributed by atoms with E-state index in [0.29, 0.717) is 5.96 Å². The molecule has 9 aromatic carbocycles. The van der Waals surface area contributed by atoms with E-state index in [2.05, 4.69) is 180 Å². The minimum absolute atomic E-state index is 0.354. The third kappa shape index (κ3) is 5.16. The molecule has 0 amide bonds. The summed E-state index contributed by atoms with van der Waals surface area (Å²) in [4.78, 5) is 5.17. The summed E-state index contributed by atoms with van der Waals surface area (Å²) in [6, 6.07) is 68.1. The molecule has 282 valence electrons. The highest BCUT2D eigenvalue weighted by Gasteiger charge is 2.21. The van der Waals surface area contributed by atoms with Crippen molar-refractivity contribution in [2.24, 2.45) is 10.7 Å². The van der Waals surface area contributed by atoms with Gasteiger partial charge < -0.3 is 14.7 Å². The maximum atomic E-state index is 7.17. The van der Waals surface area contributed by atoms with Crippen LogP contribution in [0, 0.1) is 0 Å². The van der Waals surface area contributed by atoms with E-state index in [1.54, 1.807) is 0 Å². The Kier molecular flexibility index (Phi) is 7.47. The fourth-order valence-electron chi connectivity index (χ4n) is 9.25. The summed E-state index contributed by atoms with van der Waals surface area (Å²) >= 11 is 0. The van der Waals surface area contributed by atoms with Gasteiger partial charge in [-0.3, -0.25) is 4.57 Å². The number of rotatable bonds is 5. The summed E-state index contributed by atoms with van der Waals surface area (Å²) in [5, 5.41) is 8.94. The smallest absolute Gasteiger partial charge is 0.205 e. The van der Waals surface area contributed by atoms with E-state index in [0.717, 1.165) is 88.3 Å². The Labute approximate surface area is 345 Å². The number of para-hydroxylation sites is 4. The number of hydrogen-bond donors (Lipinski definition) is 1. The van der Waals surface area contributed by atoms with Crippen molar-refractivity contribution >= 4 is 93.5 Å². The van der Waals surface area contributed by atoms with Crippen LogP contribution >= 0.6 is 0 Å². The number of aromatic nitrogens is 2. The van der Waals surface area contributed by atoms with E-state index in [1.807, 2.05) is 30.3 Å². The molecule has 2 N–H and O–H groups in total. The van der Waals surface area contributed by atoms with Crippen LogP contribution in [0.25, 0.3) is 98.7 Å². The van der Waals surface area contributed by atoms with Crippen LogP contribution in [0.2, 0.25) is 0 Å². The second-order valence-corrected chi connectivity index (χ2v) is 15.4. The Morgan fingerprint density at radius 2 is 1.17 bits per heavy atom. The molecule has 12 rings (SSSR count). The first-order valence-corrected chi connectivity index (χ1v) is 20.2. The zero-order valence-corrected chi connectivity index (χ0v) is 32.5. The third-order valence-corrected chi connectivity index (χ3v) is 12.1. The zero-order valence-electron chi connectivity index (χ0n) is 32.5. The molecule has 0 radical (unpaired) electrons. The van der Waals surface area contributed by atoms with Gasteiger partial charge in [-0.25, -0.2) is 4.99 Å². The number of hydrogen-bond acceptors (Lipinski definition) is 2. The molecular formula is C55H36N4O. The fourth-order valence-corrected chi connectivity index (χ4v) is 9.25. The normalized spacial score (nSPS) is 12.2. The van der Waals surface area contributed by atoms with Gasteiger partial charge in [-0.05, 0) is 106 Å². The lowest BCUT2D eigenvalue weighted by Crippen LogP contribution is -2.21. The lowest BCUT2D eigenvalue weighted by Gasteiger charge is -2.12. The van der Waals surface area contributed by atoms with Gasteiger partial charge >= 0.3 is 0 Å². The molecule has 0 fully saturated rings. The second-order valence-electron chi connectivity index (χ2n) is 15.4. The number of nitrogens with two attached hydrogens (primary N) is 1. The van der Waals surface area contributed by atoms with Crippen LogP contribution in [0.1, 0.15) is 11.1 Å². The van der Waals surface area contributed by atoms with E-state index in [1.165, 1.54) is 27.2 Å². The predicted octanol–water partition coefficient (Wildman–Crippen LogP) is 14.2. The van der Waals surface area contributed by atoms with Crippen molar-refractivity contribution in [3.8, 4) is 16.8 Å². The summed E-state index contributed by atoms with van der Waals surface area (Å²) in [5.41, 5.74) is 20.0. The summed E-state index contributed by atoms with van der Waals surface area (Å²) in [5.74, 6) is 0.354. The largest absolute Gasteiger partial charge is 0.455 e. The molecule has 0 aliphatic rings. The standard InChI is InChI=1S/C55H36N4O/c1-34(36-24-23-35-13-5-6-14-37(35)31-36)41-17-7-10-20-47(41)57-55(56)59-50-29-26-39(33-46(50)53-51(59)30-27-44-43-19-9-12-22-52(43)60-54(44)53)38-25-28-49-45(32-38)42-18-8-11-21-48(42)58(49)40-15-3-2-4-16-40/h2-33H,1H2,(H2,56,57). The topological polar surface area (TPSA) is 61.4 Å². The van der Waals surface area contributed by atoms with Crippen LogP contribution in [0.3, 0.4) is 0 Å². The average Bonchev–Trinajstić information content (AvgIpc) is 3.96. The lowest BCUT2D eigenvalue weighted by atomic mass is 9.96. The maximum Gasteiger partial charge on any atom is 0.205 e. The van der Waals surface area contributed by atoms with Gasteiger partial charge in [0.05, 0.1) is 33.1 Å². The van der Waals surface area contributed by atoms with Gasteiger partial charge in [0.2, 0.25) is 5.96 Å². The van der Waals surface area contributed by atoms with Crippen molar-refractivity contribution in [1.82, 2.24) is 9.13 Å². The fraction of sp³-hybridized carbons (Fsp3) is 0. The molecule has 0 saturated carbocycles. The predicted molar refractivity (Wildman–Crippen MR) is 252 cm³/mol. The van der Waals surface area contributed by atoms with Gasteiger partial charge in [-0.15, -0.1) is 0 Å². The Morgan fingerprint density at radius 1 is 0.500 bits per heavy atom. The first-order chi connectivity index (χ1) is 29.6. The van der Waals surface area contributed by atoms with E-state index >= 15 is 0 Å². The molecule has 0 aliphatic heterocycles. The highest BCUT2D eigenvalue weighted by Crippen LogP contribution is 2.42. The summed E-state index contributed by atoms with van der Waals surface area (Å²) < 4.78 is 11.1. The van der Waals surface area contributed by atoms with E-state index in [-0.39, 0.29) is 0 Å². The highest BCUT2D eigenvalue weighted by atomic mass is 16.3. The number of aliphatic imine (C=N–C) groups is 1. The molecule has 5 nitrogen and oxygen atoms in total. The van der Waals surface area contributed by atoms with E-state index < -0.39 is 0 Å². The van der Waals surface area contributed by atoms with Crippen LogP contribution in [-0.2, 0) is 0 Å². The van der Waals surface area contributed by atoms with Gasteiger partial charge in [0.25, 0.3) is 0 Å². The van der Waals surface area contributed by atoms with Crippen molar-refractivity contribution in [2.45, 2.75) is 0 Å². The Balaban J connectivity index is 1.05. The Hall–Kier alpha value is -8.15. The Bertz CT molecular complexity index is 3750. The van der Waals surface area contributed by atoms with Crippen LogP contribution in [0.4, 0.5) is 5.69 Å². The molecule has 60 heavy (non-hydrogen) atoms. The molecule has 3 heterocycles. The monoisotopic (exact) mass is 768 g/mol. The first kappa shape index (κ1) is 33.9. The van der Waals surface area contributed by atoms with Crippen molar-refractivity contribution in [2.75, 3.05) is 0 Å². The van der Waals surface area contributed by atoms with Crippen molar-refractivity contribution in [3.05, 3.63) is 212 Å². The number of nitrogens with zero attached hydrogens (tertiary/aromatic N) is 3. The van der Waals surface area contributed by atoms with Crippen LogP contribution in [-0.4, -0.2) is 15.1 Å². The number of benzene rings is 9. The van der Waals surface area contributed by atoms with Gasteiger partial charge in [-0.1, -0.05) is 128 Å². The molecule has 12 aromatic rings. The minimum atomic E-state index is 0.354. The minimum Gasteiger partial charge on any atom is -0.455 e. The molecule has 0 spiro atoms. The SMILES string of the molecule is C=C(c1ccc2ccccc2c1)c1ccccc1N=C(N)n1c2ccc(-c3ccc4c(c3)c3ccccc3n4-c3ccccc3)cc2c2c3oc4ccccc4c3ccc21. The zero-order chi connectivity index (χ0) is 39.9. The van der Waals surface area contributed by atoms with Gasteiger partial charge in [-0.2, -0.15) is 0 Å². The van der Waals surface area contributed by atoms with Crippen LogP contribution in [0.15, 0.2) is 210 Å². The molecule has 3 aromatic heterocycles. The van der Waals surface area contributed by atoms with E-state index in [9.17, 15) is 0 Å². The molecule has 0 atom stereocenters. The van der Waals surface area contributed by atoms with Gasteiger partial charge in [0.1, 0.15) is 11.2 Å². The molecular weight excluding hydrogens is 733 g/mol. The lowest BCUT2D eigenvalue weighted by molar-refractivity contribution is 0.673. The molecule has 5 heteroatoms. The highest BCUT2D eigenvalue weighted by molar-refractivity contribution is 6.26. The van der Waals surface area contributed by atoms with Crippen LogP contribution < -0.4 is 5.73 Å². The van der Waals surface area contributed by atoms with Crippen molar-refractivity contribution < 1.29 is 4.42 Å². The molecule has 0 bridgehead atoms. The van der Waals surface area contributed by atoms with Crippen molar-refractivity contribution in [1.29, 1.82) is 0 Å². The van der Waals surface area contributed by atoms with Crippen LogP contribution in [0.5, 0.6) is 0 Å². The van der Waals surface area contributed by atoms with Crippen molar-refractivity contribution in [3.63, 3.8) is 0 Å². The van der Waals surface area contributed by atoms with E-state index in [4.69, 9.17) is 15.1 Å². The average molecular weight is 769 g/mol. The summed E-state index contributed by atoms with van der Waals surface area (Å²) in [6.45, 7) is 4.55. The summed E-state index contributed by atoms with van der Waals surface area (Å²) in [6.07, 6.45) is 0. The third-order valence-electron chi connectivity index (χ3n) is 12.1. The summed E-state index contributed by atoms with van der Waals surface area (Å²) in [7, 11) is 0. The maximum absolute atomic E-state index is 7.17. The van der Waals surface area contributed by atoms with Gasteiger partial charge in [0, 0.05) is 38.2 Å². The molecule has 0 aliphatic carbocycles. The molecule has 0 unspecified atom stereocenters. The van der Waals surface area contributed by atoms with Gasteiger partial charge in [0.15, 0.2) is 0 Å².